The molecule has 0 aliphatic rings. The van der Waals surface area contributed by atoms with Gasteiger partial charge in [0.25, 0.3) is 0 Å². The normalized spacial score (nSPS) is 13.3. The first-order valence-electron chi connectivity index (χ1n) is 5.94. The molecule has 0 spiro atoms. The van der Waals surface area contributed by atoms with Crippen molar-refractivity contribution in [3.8, 4) is 0 Å². The molecule has 1 atom stereocenters. The maximum absolute atomic E-state index is 4.44. The fourth-order valence-corrected chi connectivity index (χ4v) is 2.54. The number of nitrogens with zero attached hydrogens (tertiary/aromatic N) is 1. The molecule has 0 radical (unpaired) electrons. The summed E-state index contributed by atoms with van der Waals surface area (Å²) >= 11 is 1.69. The average Bonchev–Trinajstić information content (AvgIpc) is 2.77. The number of rotatable bonds is 7. The highest BCUT2D eigenvalue weighted by atomic mass is 32.1. The molecule has 1 heterocycles. The van der Waals surface area contributed by atoms with Gasteiger partial charge in [0, 0.05) is 5.38 Å². The minimum atomic E-state index is 0.450. The monoisotopic (exact) mass is 226 g/mol. The van der Waals surface area contributed by atoms with E-state index in [4.69, 9.17) is 0 Å². The van der Waals surface area contributed by atoms with Crippen molar-refractivity contribution in [2.24, 2.45) is 5.92 Å². The molecule has 0 aromatic carbocycles. The quantitative estimate of drug-likeness (QED) is 0.768. The van der Waals surface area contributed by atoms with Gasteiger partial charge in [0.15, 0.2) is 0 Å². The van der Waals surface area contributed by atoms with E-state index < -0.39 is 0 Å². The summed E-state index contributed by atoms with van der Waals surface area (Å²) in [6, 6.07) is 0.450. The van der Waals surface area contributed by atoms with Gasteiger partial charge in [-0.2, -0.15) is 0 Å². The smallest absolute Gasteiger partial charge is 0.0795 e. The first-order valence-corrected chi connectivity index (χ1v) is 6.89. The Morgan fingerprint density at radius 1 is 1.33 bits per heavy atom. The Morgan fingerprint density at radius 3 is 2.53 bits per heavy atom. The third-order valence-corrected chi connectivity index (χ3v) is 3.51. The average molecular weight is 226 g/mol. The van der Waals surface area contributed by atoms with Gasteiger partial charge in [0.05, 0.1) is 17.2 Å². The molecule has 0 aliphatic heterocycles. The molecule has 15 heavy (non-hydrogen) atoms. The Bertz CT molecular complexity index is 242. The van der Waals surface area contributed by atoms with Crippen LogP contribution in [0.3, 0.4) is 0 Å². The van der Waals surface area contributed by atoms with Crippen LogP contribution in [0, 0.1) is 5.92 Å². The number of nitrogens with one attached hydrogen (secondary N) is 1. The van der Waals surface area contributed by atoms with Gasteiger partial charge in [-0.3, -0.25) is 0 Å². The predicted octanol–water partition coefficient (Wildman–Crippen LogP) is 3.62. The van der Waals surface area contributed by atoms with Crippen LogP contribution in [0.5, 0.6) is 0 Å². The lowest BCUT2D eigenvalue weighted by molar-refractivity contribution is 0.336. The van der Waals surface area contributed by atoms with Gasteiger partial charge in [-0.05, 0) is 18.9 Å². The van der Waals surface area contributed by atoms with Crippen molar-refractivity contribution in [2.45, 2.75) is 46.1 Å². The molecule has 0 amide bonds. The summed E-state index contributed by atoms with van der Waals surface area (Å²) in [5, 5.41) is 5.79. The lowest BCUT2D eigenvalue weighted by atomic mass is 9.92. The first kappa shape index (κ1) is 12.7. The third kappa shape index (κ3) is 3.58. The van der Waals surface area contributed by atoms with Gasteiger partial charge in [-0.1, -0.05) is 33.6 Å². The maximum Gasteiger partial charge on any atom is 0.0795 e. The van der Waals surface area contributed by atoms with Crippen LogP contribution in [0.15, 0.2) is 10.9 Å². The van der Waals surface area contributed by atoms with Crippen LogP contribution >= 0.6 is 11.3 Å². The Balaban J connectivity index is 2.68. The zero-order chi connectivity index (χ0) is 11.1. The van der Waals surface area contributed by atoms with E-state index in [0.717, 1.165) is 6.54 Å². The lowest BCUT2D eigenvalue weighted by Gasteiger charge is -2.24. The molecule has 3 heteroatoms. The molecule has 1 rings (SSSR count). The van der Waals surface area contributed by atoms with Crippen molar-refractivity contribution < 1.29 is 0 Å². The highest BCUT2D eigenvalue weighted by molar-refractivity contribution is 7.07. The van der Waals surface area contributed by atoms with Crippen LogP contribution in [-0.4, -0.2) is 11.5 Å². The van der Waals surface area contributed by atoms with Crippen molar-refractivity contribution in [1.29, 1.82) is 0 Å². The second-order valence-electron chi connectivity index (χ2n) is 3.92. The molecule has 0 fully saturated rings. The van der Waals surface area contributed by atoms with E-state index in [9.17, 15) is 0 Å². The van der Waals surface area contributed by atoms with E-state index >= 15 is 0 Å². The molecular formula is C12H22N2S. The number of hydrogen-bond donors (Lipinski definition) is 1. The molecule has 1 aromatic heterocycles. The van der Waals surface area contributed by atoms with E-state index in [1.807, 2.05) is 5.51 Å². The summed E-state index contributed by atoms with van der Waals surface area (Å²) in [5.41, 5.74) is 3.15. The maximum atomic E-state index is 4.44. The third-order valence-electron chi connectivity index (χ3n) is 2.90. The Kier molecular flexibility index (Phi) is 5.88. The molecule has 0 saturated carbocycles. The van der Waals surface area contributed by atoms with E-state index in [1.54, 1.807) is 11.3 Å². The summed E-state index contributed by atoms with van der Waals surface area (Å²) in [5.74, 6) is 0.707. The summed E-state index contributed by atoms with van der Waals surface area (Å²) in [6.07, 6.45) is 3.62. The predicted molar refractivity (Wildman–Crippen MR) is 67.2 cm³/mol. The van der Waals surface area contributed by atoms with Gasteiger partial charge in [0.2, 0.25) is 0 Å². The molecule has 1 aromatic rings. The SMILES string of the molecule is CCCNC(c1cscn1)C(CC)CC. The Morgan fingerprint density at radius 2 is 2.07 bits per heavy atom. The van der Waals surface area contributed by atoms with Gasteiger partial charge in [0.1, 0.15) is 0 Å². The molecule has 86 valence electrons. The Hall–Kier alpha value is -0.410. The van der Waals surface area contributed by atoms with Crippen LogP contribution in [0.25, 0.3) is 0 Å². The minimum absolute atomic E-state index is 0.450. The first-order chi connectivity index (χ1) is 7.33. The molecule has 0 saturated heterocycles. The number of thiazole rings is 1. The fraction of sp³-hybridized carbons (Fsp3) is 0.750. The van der Waals surface area contributed by atoms with E-state index in [-0.39, 0.29) is 0 Å². The standard InChI is InChI=1S/C12H22N2S/c1-4-7-13-12(10(5-2)6-3)11-8-15-9-14-11/h8-10,12-13H,4-7H2,1-3H3. The summed E-state index contributed by atoms with van der Waals surface area (Å²) in [7, 11) is 0. The van der Waals surface area contributed by atoms with Crippen LogP contribution in [0.2, 0.25) is 0 Å². The zero-order valence-corrected chi connectivity index (χ0v) is 10.8. The summed E-state index contributed by atoms with van der Waals surface area (Å²) < 4.78 is 0. The summed E-state index contributed by atoms with van der Waals surface area (Å²) in [6.45, 7) is 7.82. The van der Waals surface area contributed by atoms with Gasteiger partial charge in [-0.25, -0.2) is 4.98 Å². The van der Waals surface area contributed by atoms with Crippen molar-refractivity contribution in [3.05, 3.63) is 16.6 Å². The van der Waals surface area contributed by atoms with Crippen LogP contribution in [-0.2, 0) is 0 Å². The second kappa shape index (κ2) is 6.96. The Labute approximate surface area is 97.1 Å². The zero-order valence-electron chi connectivity index (χ0n) is 9.99. The number of hydrogen-bond acceptors (Lipinski definition) is 3. The molecule has 0 bridgehead atoms. The molecule has 1 N–H and O–H groups in total. The number of aromatic nitrogens is 1. The van der Waals surface area contributed by atoms with Crippen molar-refractivity contribution >= 4 is 11.3 Å². The van der Waals surface area contributed by atoms with Crippen molar-refractivity contribution in [1.82, 2.24) is 10.3 Å². The molecule has 2 nitrogen and oxygen atoms in total. The van der Waals surface area contributed by atoms with Gasteiger partial charge >= 0.3 is 0 Å². The van der Waals surface area contributed by atoms with Crippen LogP contribution in [0.1, 0.15) is 51.8 Å². The van der Waals surface area contributed by atoms with E-state index in [2.05, 4.69) is 36.5 Å². The van der Waals surface area contributed by atoms with Crippen molar-refractivity contribution in [2.75, 3.05) is 6.54 Å². The largest absolute Gasteiger partial charge is 0.308 e. The van der Waals surface area contributed by atoms with E-state index in [1.165, 1.54) is 25.0 Å². The summed E-state index contributed by atoms with van der Waals surface area (Å²) in [4.78, 5) is 4.44. The van der Waals surface area contributed by atoms with Gasteiger partial charge < -0.3 is 5.32 Å². The molecular weight excluding hydrogens is 204 g/mol. The molecule has 1 unspecified atom stereocenters. The van der Waals surface area contributed by atoms with Crippen molar-refractivity contribution in [3.63, 3.8) is 0 Å². The molecule has 0 aliphatic carbocycles. The lowest BCUT2D eigenvalue weighted by Crippen LogP contribution is -2.28. The van der Waals surface area contributed by atoms with Crippen LogP contribution < -0.4 is 5.32 Å². The minimum Gasteiger partial charge on any atom is -0.308 e. The van der Waals surface area contributed by atoms with Crippen LogP contribution in [0.4, 0.5) is 0 Å². The van der Waals surface area contributed by atoms with E-state index in [0.29, 0.717) is 12.0 Å². The topological polar surface area (TPSA) is 24.9 Å². The second-order valence-corrected chi connectivity index (χ2v) is 4.64. The highest BCUT2D eigenvalue weighted by Gasteiger charge is 2.20. The van der Waals surface area contributed by atoms with Gasteiger partial charge in [-0.15, -0.1) is 11.3 Å². The highest BCUT2D eigenvalue weighted by Crippen LogP contribution is 2.26. The fourth-order valence-electron chi connectivity index (χ4n) is 1.95.